The number of anilines is 1. The number of nitrogens with zero attached hydrogens (tertiary/aromatic N) is 1. The van der Waals surface area contributed by atoms with Gasteiger partial charge in [0.1, 0.15) is 11.5 Å². The van der Waals surface area contributed by atoms with Crippen LogP contribution in [0.3, 0.4) is 0 Å². The van der Waals surface area contributed by atoms with E-state index in [-0.39, 0.29) is 5.75 Å². The zero-order valence-corrected chi connectivity index (χ0v) is 19.8. The van der Waals surface area contributed by atoms with Crippen molar-refractivity contribution in [1.82, 2.24) is 5.43 Å². The Kier molecular flexibility index (Phi) is 7.57. The van der Waals surface area contributed by atoms with Gasteiger partial charge in [-0.2, -0.15) is 5.10 Å². The number of amides is 2. The molecule has 0 saturated heterocycles. The van der Waals surface area contributed by atoms with Crippen LogP contribution < -0.4 is 20.2 Å². The Morgan fingerprint density at radius 3 is 2.31 bits per heavy atom. The van der Waals surface area contributed by atoms with Crippen LogP contribution in [0.25, 0.3) is 10.8 Å². The Balaban J connectivity index is 1.51. The molecule has 4 aromatic rings. The van der Waals surface area contributed by atoms with Crippen molar-refractivity contribution >= 4 is 52.1 Å². The van der Waals surface area contributed by atoms with Crippen molar-refractivity contribution < 1.29 is 23.9 Å². The number of carbonyl (C=O) groups excluding carboxylic acids is 3. The minimum atomic E-state index is -0.970. The fourth-order valence-corrected chi connectivity index (χ4v) is 3.44. The average Bonchev–Trinajstić information content (AvgIpc) is 2.90. The molecule has 0 atom stereocenters. The Morgan fingerprint density at radius 1 is 0.861 bits per heavy atom. The minimum Gasteiger partial charge on any atom is -0.497 e. The average molecular weight is 502 g/mol. The molecule has 0 fully saturated rings. The molecular formula is C27H20ClN3O5. The van der Waals surface area contributed by atoms with Gasteiger partial charge in [-0.3, -0.25) is 9.59 Å². The summed E-state index contributed by atoms with van der Waals surface area (Å²) in [7, 11) is 1.53. The Labute approximate surface area is 211 Å². The van der Waals surface area contributed by atoms with E-state index in [1.165, 1.54) is 13.3 Å². The summed E-state index contributed by atoms with van der Waals surface area (Å²) in [4.78, 5) is 37.1. The van der Waals surface area contributed by atoms with Crippen molar-refractivity contribution in [1.29, 1.82) is 0 Å². The molecule has 9 heteroatoms. The second-order valence-corrected chi connectivity index (χ2v) is 7.91. The van der Waals surface area contributed by atoms with Crippen LogP contribution in [-0.4, -0.2) is 31.1 Å². The monoisotopic (exact) mass is 501 g/mol. The van der Waals surface area contributed by atoms with Crippen LogP contribution in [0.15, 0.2) is 90.0 Å². The van der Waals surface area contributed by atoms with E-state index in [2.05, 4.69) is 15.8 Å². The third-order valence-corrected chi connectivity index (χ3v) is 5.38. The van der Waals surface area contributed by atoms with Crippen LogP contribution in [0.2, 0.25) is 5.02 Å². The lowest BCUT2D eigenvalue weighted by Crippen LogP contribution is -2.32. The molecule has 0 saturated carbocycles. The first kappa shape index (κ1) is 24.4. The van der Waals surface area contributed by atoms with E-state index in [1.807, 2.05) is 24.3 Å². The van der Waals surface area contributed by atoms with Crippen molar-refractivity contribution in [3.63, 3.8) is 0 Å². The van der Waals surface area contributed by atoms with Crippen molar-refractivity contribution in [3.05, 3.63) is 101 Å². The maximum Gasteiger partial charge on any atom is 0.343 e. The zero-order chi connectivity index (χ0) is 25.5. The molecule has 0 radical (unpaired) electrons. The van der Waals surface area contributed by atoms with E-state index in [1.54, 1.807) is 60.7 Å². The number of nitrogens with one attached hydrogen (secondary N) is 2. The number of fused-ring (bicyclic) bond motifs is 1. The highest BCUT2D eigenvalue weighted by Gasteiger charge is 2.15. The number of carbonyl (C=O) groups is 3. The molecular weight excluding hydrogens is 482 g/mol. The number of esters is 1. The molecule has 0 aliphatic heterocycles. The second-order valence-electron chi connectivity index (χ2n) is 7.48. The second kappa shape index (κ2) is 11.2. The summed E-state index contributed by atoms with van der Waals surface area (Å²) >= 11 is 5.89. The molecule has 0 aliphatic carbocycles. The van der Waals surface area contributed by atoms with Gasteiger partial charge >= 0.3 is 17.8 Å². The molecule has 36 heavy (non-hydrogen) atoms. The van der Waals surface area contributed by atoms with Crippen molar-refractivity contribution in [2.75, 3.05) is 12.4 Å². The van der Waals surface area contributed by atoms with Crippen LogP contribution in [-0.2, 0) is 9.59 Å². The van der Waals surface area contributed by atoms with Crippen LogP contribution in [0.4, 0.5) is 5.69 Å². The highest BCUT2D eigenvalue weighted by atomic mass is 35.5. The van der Waals surface area contributed by atoms with Gasteiger partial charge in [0.2, 0.25) is 0 Å². The van der Waals surface area contributed by atoms with Crippen LogP contribution >= 0.6 is 11.6 Å². The number of ether oxygens (including phenoxy) is 2. The highest BCUT2D eigenvalue weighted by molar-refractivity contribution is 6.39. The maximum absolute atomic E-state index is 12.7. The number of hydrazone groups is 1. The summed E-state index contributed by atoms with van der Waals surface area (Å²) in [6.45, 7) is 0. The molecule has 2 amide bonds. The number of hydrogen-bond acceptors (Lipinski definition) is 6. The van der Waals surface area contributed by atoms with Crippen LogP contribution in [0.1, 0.15) is 15.9 Å². The van der Waals surface area contributed by atoms with Gasteiger partial charge in [0.25, 0.3) is 0 Å². The van der Waals surface area contributed by atoms with E-state index >= 15 is 0 Å². The quantitative estimate of drug-likeness (QED) is 0.130. The lowest BCUT2D eigenvalue weighted by molar-refractivity contribution is -0.136. The van der Waals surface area contributed by atoms with Gasteiger partial charge in [-0.05, 0) is 65.4 Å². The molecule has 0 bridgehead atoms. The molecule has 0 spiro atoms. The maximum atomic E-state index is 12.7. The smallest absolute Gasteiger partial charge is 0.343 e. The van der Waals surface area contributed by atoms with E-state index in [0.29, 0.717) is 27.6 Å². The van der Waals surface area contributed by atoms with Crippen molar-refractivity contribution in [2.45, 2.75) is 0 Å². The number of hydrogen-bond donors (Lipinski definition) is 2. The molecule has 0 aliphatic rings. The standard InChI is InChI=1S/C27H20ClN3O5/c1-35-21-13-11-20(12-14-21)30-25(32)26(33)31-29-16-23-22-5-3-2-4-17(22)8-15-24(23)36-27(34)18-6-9-19(28)10-7-18/h2-16H,1H3,(H,30,32)(H,31,33). The fourth-order valence-electron chi connectivity index (χ4n) is 3.31. The molecule has 4 aromatic carbocycles. The van der Waals surface area contributed by atoms with E-state index in [4.69, 9.17) is 21.1 Å². The first-order valence-electron chi connectivity index (χ1n) is 10.7. The van der Waals surface area contributed by atoms with Gasteiger partial charge < -0.3 is 14.8 Å². The highest BCUT2D eigenvalue weighted by Crippen LogP contribution is 2.27. The summed E-state index contributed by atoms with van der Waals surface area (Å²) in [5.41, 5.74) is 3.39. The van der Waals surface area contributed by atoms with Gasteiger partial charge in [-0.15, -0.1) is 0 Å². The lowest BCUT2D eigenvalue weighted by Gasteiger charge is -2.10. The number of benzene rings is 4. The third-order valence-electron chi connectivity index (χ3n) is 5.13. The normalized spacial score (nSPS) is 10.7. The fraction of sp³-hybridized carbons (Fsp3) is 0.0370. The lowest BCUT2D eigenvalue weighted by atomic mass is 10.0. The number of rotatable bonds is 6. The summed E-state index contributed by atoms with van der Waals surface area (Å²) in [6, 6.07) is 23.6. The summed E-state index contributed by atoms with van der Waals surface area (Å²) in [5.74, 6) is -1.61. The van der Waals surface area contributed by atoms with E-state index in [0.717, 1.165) is 10.8 Å². The summed E-state index contributed by atoms with van der Waals surface area (Å²) in [5, 5.41) is 8.49. The molecule has 0 aromatic heterocycles. The minimum absolute atomic E-state index is 0.231. The van der Waals surface area contributed by atoms with E-state index < -0.39 is 17.8 Å². The molecule has 8 nitrogen and oxygen atoms in total. The zero-order valence-electron chi connectivity index (χ0n) is 19.0. The first-order valence-corrected chi connectivity index (χ1v) is 11.1. The predicted molar refractivity (Wildman–Crippen MR) is 138 cm³/mol. The van der Waals surface area contributed by atoms with Gasteiger partial charge in [0.05, 0.1) is 18.9 Å². The van der Waals surface area contributed by atoms with Crippen molar-refractivity contribution in [3.8, 4) is 11.5 Å². The number of halogens is 1. The van der Waals surface area contributed by atoms with Crippen molar-refractivity contribution in [2.24, 2.45) is 5.10 Å². The van der Waals surface area contributed by atoms with Gasteiger partial charge in [-0.1, -0.05) is 41.9 Å². The summed E-state index contributed by atoms with van der Waals surface area (Å²) in [6.07, 6.45) is 1.32. The molecule has 180 valence electrons. The predicted octanol–water partition coefficient (Wildman–Crippen LogP) is 4.81. The van der Waals surface area contributed by atoms with Crippen LogP contribution in [0, 0.1) is 0 Å². The Morgan fingerprint density at radius 2 is 1.58 bits per heavy atom. The topological polar surface area (TPSA) is 106 Å². The van der Waals surface area contributed by atoms with Crippen LogP contribution in [0.5, 0.6) is 11.5 Å². The van der Waals surface area contributed by atoms with E-state index in [9.17, 15) is 14.4 Å². The Bertz CT molecular complexity index is 1450. The first-order chi connectivity index (χ1) is 17.4. The van der Waals surface area contributed by atoms with Gasteiger partial charge in [-0.25, -0.2) is 10.2 Å². The Hall–Kier alpha value is -4.69. The molecule has 0 unspecified atom stereocenters. The molecule has 4 rings (SSSR count). The van der Waals surface area contributed by atoms with Gasteiger partial charge in [0, 0.05) is 16.3 Å². The molecule has 2 N–H and O–H groups in total. The third kappa shape index (κ3) is 5.86. The summed E-state index contributed by atoms with van der Waals surface area (Å²) < 4.78 is 10.7. The number of methoxy groups -OCH3 is 1. The molecule has 0 heterocycles. The van der Waals surface area contributed by atoms with Gasteiger partial charge in [0.15, 0.2) is 0 Å². The SMILES string of the molecule is COc1ccc(NC(=O)C(=O)NN=Cc2c(OC(=O)c3ccc(Cl)cc3)ccc3ccccc23)cc1. The largest absolute Gasteiger partial charge is 0.497 e.